The van der Waals surface area contributed by atoms with E-state index in [1.165, 1.54) is 5.56 Å². The minimum Gasteiger partial charge on any atom is -0.384 e. The Morgan fingerprint density at radius 2 is 2.46 bits per heavy atom. The predicted octanol–water partition coefficient (Wildman–Crippen LogP) is 1.13. The number of thioether (sulfide) groups is 1. The van der Waals surface area contributed by atoms with Gasteiger partial charge in [-0.05, 0) is 0 Å². The van der Waals surface area contributed by atoms with Crippen molar-refractivity contribution in [3.63, 3.8) is 0 Å². The lowest BCUT2D eigenvalue weighted by atomic mass is 10.3. The maximum Gasteiger partial charge on any atom is 0.126 e. The third kappa shape index (κ3) is 1.38. The first-order chi connectivity index (χ1) is 6.33. The van der Waals surface area contributed by atoms with E-state index in [0.29, 0.717) is 13.0 Å². The molecule has 0 fully saturated rings. The number of rotatable bonds is 2. The summed E-state index contributed by atoms with van der Waals surface area (Å²) in [6, 6.07) is 2.09. The number of fused-ring (bicyclic) bond motifs is 1. The second-order valence-electron chi connectivity index (χ2n) is 2.93. The minimum atomic E-state index is 0.470. The summed E-state index contributed by atoms with van der Waals surface area (Å²) in [4.78, 5) is 0. The highest BCUT2D eigenvalue weighted by molar-refractivity contribution is 7.98. The molecule has 0 amide bonds. The topological polar surface area (TPSA) is 67.6 Å². The average molecular weight is 194 g/mol. The van der Waals surface area contributed by atoms with Crippen LogP contribution in [-0.2, 0) is 18.1 Å². The molecule has 13 heavy (non-hydrogen) atoms. The molecular formula is C8H10N4S. The number of aromatic nitrogens is 2. The third-order valence-electron chi connectivity index (χ3n) is 2.10. The second-order valence-corrected chi connectivity index (χ2v) is 3.92. The summed E-state index contributed by atoms with van der Waals surface area (Å²) in [7, 11) is 0. The van der Waals surface area contributed by atoms with Crippen LogP contribution in [0.25, 0.3) is 0 Å². The van der Waals surface area contributed by atoms with Crippen molar-refractivity contribution in [1.29, 1.82) is 5.26 Å². The molecule has 0 spiro atoms. The van der Waals surface area contributed by atoms with Gasteiger partial charge in [0.1, 0.15) is 5.82 Å². The Labute approximate surface area is 80.7 Å². The summed E-state index contributed by atoms with van der Waals surface area (Å²) in [5, 5.41) is 12.8. The van der Waals surface area contributed by atoms with Gasteiger partial charge in [-0.2, -0.15) is 22.1 Å². The molecule has 0 bridgehead atoms. The molecule has 0 unspecified atom stereocenters. The first kappa shape index (κ1) is 8.45. The van der Waals surface area contributed by atoms with E-state index in [1.54, 1.807) is 4.68 Å². The van der Waals surface area contributed by atoms with E-state index in [2.05, 4.69) is 11.2 Å². The standard InChI is InChI=1S/C8H10N4S/c9-2-1-3-12-8(10)6-4-13-5-7(6)11-12/h1,3-5,10H2. The predicted molar refractivity (Wildman–Crippen MR) is 51.9 cm³/mol. The summed E-state index contributed by atoms with van der Waals surface area (Å²) in [5.41, 5.74) is 8.14. The largest absolute Gasteiger partial charge is 0.384 e. The third-order valence-corrected chi connectivity index (χ3v) is 3.07. The van der Waals surface area contributed by atoms with Gasteiger partial charge >= 0.3 is 0 Å². The lowest BCUT2D eigenvalue weighted by Gasteiger charge is -2.01. The summed E-state index contributed by atoms with van der Waals surface area (Å²) < 4.78 is 1.74. The van der Waals surface area contributed by atoms with Crippen molar-refractivity contribution in [1.82, 2.24) is 9.78 Å². The zero-order chi connectivity index (χ0) is 9.26. The fraction of sp³-hybridized carbons (Fsp3) is 0.500. The van der Waals surface area contributed by atoms with E-state index in [4.69, 9.17) is 11.0 Å². The average Bonchev–Trinajstić information content (AvgIpc) is 2.67. The maximum absolute atomic E-state index is 8.43. The first-order valence-electron chi connectivity index (χ1n) is 4.11. The fourth-order valence-electron chi connectivity index (χ4n) is 1.41. The van der Waals surface area contributed by atoms with Gasteiger partial charge in [-0.3, -0.25) is 0 Å². The van der Waals surface area contributed by atoms with E-state index in [9.17, 15) is 0 Å². The van der Waals surface area contributed by atoms with Crippen LogP contribution >= 0.6 is 11.8 Å². The fourth-order valence-corrected chi connectivity index (χ4v) is 2.46. The maximum atomic E-state index is 8.43. The number of anilines is 1. The highest BCUT2D eigenvalue weighted by Gasteiger charge is 2.20. The molecule has 0 atom stereocenters. The molecule has 1 aliphatic rings. The van der Waals surface area contributed by atoms with Gasteiger partial charge in [0.25, 0.3) is 0 Å². The lowest BCUT2D eigenvalue weighted by Crippen LogP contribution is -2.05. The highest BCUT2D eigenvalue weighted by atomic mass is 32.2. The number of hydrogen-bond acceptors (Lipinski definition) is 4. The molecule has 68 valence electrons. The molecule has 1 aromatic heterocycles. The van der Waals surface area contributed by atoms with Crippen LogP contribution in [0, 0.1) is 11.3 Å². The van der Waals surface area contributed by atoms with Gasteiger partial charge in [0, 0.05) is 17.1 Å². The summed E-state index contributed by atoms with van der Waals surface area (Å²) in [6.45, 7) is 0.611. The molecule has 0 aromatic carbocycles. The smallest absolute Gasteiger partial charge is 0.126 e. The molecule has 2 heterocycles. The van der Waals surface area contributed by atoms with Crippen molar-refractivity contribution in [2.24, 2.45) is 0 Å². The van der Waals surface area contributed by atoms with Crippen molar-refractivity contribution in [2.45, 2.75) is 24.5 Å². The van der Waals surface area contributed by atoms with E-state index in [0.717, 1.165) is 23.0 Å². The van der Waals surface area contributed by atoms with Gasteiger partial charge in [0.05, 0.1) is 24.7 Å². The molecule has 2 rings (SSSR count). The molecule has 0 saturated heterocycles. The molecule has 0 radical (unpaired) electrons. The Morgan fingerprint density at radius 3 is 3.15 bits per heavy atom. The van der Waals surface area contributed by atoms with Crippen molar-refractivity contribution >= 4 is 17.6 Å². The van der Waals surface area contributed by atoms with Crippen molar-refractivity contribution in [3.8, 4) is 6.07 Å². The van der Waals surface area contributed by atoms with Gasteiger partial charge in [0.2, 0.25) is 0 Å². The monoisotopic (exact) mass is 194 g/mol. The first-order valence-corrected chi connectivity index (χ1v) is 5.27. The van der Waals surface area contributed by atoms with E-state index in [-0.39, 0.29) is 0 Å². The van der Waals surface area contributed by atoms with Crippen molar-refractivity contribution in [3.05, 3.63) is 11.3 Å². The van der Waals surface area contributed by atoms with Crippen LogP contribution in [0.15, 0.2) is 0 Å². The molecule has 1 aliphatic heterocycles. The van der Waals surface area contributed by atoms with Crippen LogP contribution in [0.4, 0.5) is 5.82 Å². The zero-order valence-corrected chi connectivity index (χ0v) is 7.97. The van der Waals surface area contributed by atoms with Crippen LogP contribution in [0.3, 0.4) is 0 Å². The number of aryl methyl sites for hydroxylation is 1. The van der Waals surface area contributed by atoms with Crippen molar-refractivity contribution < 1.29 is 0 Å². The molecule has 4 nitrogen and oxygen atoms in total. The Hall–Kier alpha value is -1.15. The SMILES string of the molecule is N#CCCn1nc2c(c1N)CSC2. The Morgan fingerprint density at radius 1 is 1.62 bits per heavy atom. The van der Waals surface area contributed by atoms with Crippen LogP contribution in [0.2, 0.25) is 0 Å². The van der Waals surface area contributed by atoms with Gasteiger partial charge in [-0.1, -0.05) is 0 Å². The number of nitrogen functional groups attached to an aromatic ring is 1. The molecule has 5 heteroatoms. The van der Waals surface area contributed by atoms with Gasteiger partial charge in [-0.25, -0.2) is 4.68 Å². The highest BCUT2D eigenvalue weighted by Crippen LogP contribution is 2.32. The molecule has 1 aromatic rings. The van der Waals surface area contributed by atoms with Crippen molar-refractivity contribution in [2.75, 3.05) is 5.73 Å². The Bertz CT molecular complexity index is 363. The van der Waals surface area contributed by atoms with Crippen LogP contribution in [0.5, 0.6) is 0 Å². The summed E-state index contributed by atoms with van der Waals surface area (Å²) in [5.74, 6) is 2.67. The van der Waals surface area contributed by atoms with Gasteiger partial charge in [-0.15, -0.1) is 0 Å². The van der Waals surface area contributed by atoms with E-state index in [1.807, 2.05) is 11.8 Å². The van der Waals surface area contributed by atoms with Crippen LogP contribution in [-0.4, -0.2) is 9.78 Å². The summed E-state index contributed by atoms with van der Waals surface area (Å²) in [6.07, 6.45) is 0.470. The van der Waals surface area contributed by atoms with E-state index >= 15 is 0 Å². The normalized spacial score (nSPS) is 14.1. The molecule has 0 aliphatic carbocycles. The molecular weight excluding hydrogens is 184 g/mol. The molecule has 0 saturated carbocycles. The Balaban J connectivity index is 2.24. The quantitative estimate of drug-likeness (QED) is 0.766. The van der Waals surface area contributed by atoms with Crippen LogP contribution in [0.1, 0.15) is 17.7 Å². The van der Waals surface area contributed by atoms with Gasteiger partial charge < -0.3 is 5.73 Å². The molecule has 2 N–H and O–H groups in total. The Kier molecular flexibility index (Phi) is 2.15. The number of nitriles is 1. The number of hydrogen-bond donors (Lipinski definition) is 1. The zero-order valence-electron chi connectivity index (χ0n) is 7.16. The van der Waals surface area contributed by atoms with Crippen LogP contribution < -0.4 is 5.73 Å². The second kappa shape index (κ2) is 3.30. The van der Waals surface area contributed by atoms with Gasteiger partial charge in [0.15, 0.2) is 0 Å². The lowest BCUT2D eigenvalue weighted by molar-refractivity contribution is 0.630. The minimum absolute atomic E-state index is 0.470. The van der Waals surface area contributed by atoms with E-state index < -0.39 is 0 Å². The number of nitrogens with two attached hydrogens (primary N) is 1. The summed E-state index contributed by atoms with van der Waals surface area (Å²) >= 11 is 1.84. The number of nitrogens with zero attached hydrogens (tertiary/aromatic N) is 3.